The number of esters is 1. The minimum absolute atomic E-state index is 0.0487. The number of hydrazone groups is 1. The summed E-state index contributed by atoms with van der Waals surface area (Å²) in [4.78, 5) is 38.7. The smallest absolute Gasteiger partial charge is 0.325 e. The molecule has 0 fully saturated rings. The molecule has 0 radical (unpaired) electrons. The van der Waals surface area contributed by atoms with Gasteiger partial charge in [-0.1, -0.05) is 71.7 Å². The van der Waals surface area contributed by atoms with Gasteiger partial charge in [-0.3, -0.25) is 14.4 Å². The zero-order valence-corrected chi connectivity index (χ0v) is 25.5. The Morgan fingerprint density at radius 1 is 1.00 bits per heavy atom. The van der Waals surface area contributed by atoms with Crippen LogP contribution in [-0.4, -0.2) is 47.3 Å². The third-order valence-electron chi connectivity index (χ3n) is 6.72. The van der Waals surface area contributed by atoms with Gasteiger partial charge in [0.15, 0.2) is 6.10 Å². The fraction of sp³-hybridized carbons (Fsp3) is 0.250. The molecule has 0 aliphatic carbocycles. The molecule has 1 aromatic heterocycles. The average Bonchev–Trinajstić information content (AvgIpc) is 3.24. The van der Waals surface area contributed by atoms with Crippen molar-refractivity contribution in [2.75, 3.05) is 6.61 Å². The summed E-state index contributed by atoms with van der Waals surface area (Å²) in [7, 11) is 0. The van der Waals surface area contributed by atoms with Gasteiger partial charge >= 0.3 is 5.97 Å². The molecule has 4 rings (SSSR count). The van der Waals surface area contributed by atoms with Gasteiger partial charge < -0.3 is 19.4 Å². The lowest BCUT2D eigenvalue weighted by Gasteiger charge is -2.21. The van der Waals surface area contributed by atoms with Crippen molar-refractivity contribution in [2.24, 2.45) is 5.10 Å². The van der Waals surface area contributed by atoms with Crippen molar-refractivity contribution in [3.8, 4) is 5.75 Å². The molecule has 4 aromatic rings. The number of halogens is 2. The van der Waals surface area contributed by atoms with Crippen LogP contribution in [0.15, 0.2) is 77.9 Å². The largest absolute Gasteiger partial charge is 0.479 e. The van der Waals surface area contributed by atoms with Crippen LogP contribution in [0.3, 0.4) is 0 Å². The SMILES string of the molecule is CCOC(=O)Cn1c(C)c(/C=N\NC(=O)[C@@H](Cc2ccccc2)NC(=O)[C@@H](C)Oc2ccc(Cl)cc2Cl)c2ccccc21. The summed E-state index contributed by atoms with van der Waals surface area (Å²) in [6.45, 7) is 5.53. The summed E-state index contributed by atoms with van der Waals surface area (Å²) in [5, 5.41) is 8.55. The number of amides is 2. The molecule has 0 bridgehead atoms. The summed E-state index contributed by atoms with van der Waals surface area (Å²) in [5.41, 5.74) is 5.77. The van der Waals surface area contributed by atoms with Gasteiger partial charge in [0.05, 0.1) is 17.8 Å². The second-order valence-corrected chi connectivity index (χ2v) is 10.6. The molecule has 2 amide bonds. The summed E-state index contributed by atoms with van der Waals surface area (Å²) in [6, 6.07) is 20.6. The van der Waals surface area contributed by atoms with Crippen LogP contribution in [0.5, 0.6) is 5.75 Å². The lowest BCUT2D eigenvalue weighted by Crippen LogP contribution is -2.50. The van der Waals surface area contributed by atoms with Crippen LogP contribution >= 0.6 is 23.2 Å². The van der Waals surface area contributed by atoms with Gasteiger partial charge in [0.2, 0.25) is 0 Å². The fourth-order valence-corrected chi connectivity index (χ4v) is 5.01. The van der Waals surface area contributed by atoms with Crippen LogP contribution in [0.2, 0.25) is 10.0 Å². The van der Waals surface area contributed by atoms with E-state index in [4.69, 9.17) is 32.7 Å². The van der Waals surface area contributed by atoms with Crippen molar-refractivity contribution >= 4 is 58.1 Å². The predicted octanol–water partition coefficient (Wildman–Crippen LogP) is 5.46. The van der Waals surface area contributed by atoms with Crippen molar-refractivity contribution in [2.45, 2.75) is 45.9 Å². The molecular formula is C32H32Cl2N4O5. The molecule has 0 saturated carbocycles. The normalized spacial score (nSPS) is 12.6. The maximum atomic E-state index is 13.3. The second-order valence-electron chi connectivity index (χ2n) is 9.73. The number of nitrogens with one attached hydrogen (secondary N) is 2. The third-order valence-corrected chi connectivity index (χ3v) is 7.25. The number of para-hydroxylation sites is 1. The number of fused-ring (bicyclic) bond motifs is 1. The third kappa shape index (κ3) is 8.15. The molecule has 2 atom stereocenters. The van der Waals surface area contributed by atoms with Crippen molar-refractivity contribution < 1.29 is 23.9 Å². The number of rotatable bonds is 12. The number of hydrogen-bond acceptors (Lipinski definition) is 6. The topological polar surface area (TPSA) is 111 Å². The lowest BCUT2D eigenvalue weighted by atomic mass is 10.1. The highest BCUT2D eigenvalue weighted by atomic mass is 35.5. The predicted molar refractivity (Wildman–Crippen MR) is 168 cm³/mol. The quantitative estimate of drug-likeness (QED) is 0.124. The highest BCUT2D eigenvalue weighted by Gasteiger charge is 2.25. The molecule has 0 unspecified atom stereocenters. The molecular weight excluding hydrogens is 591 g/mol. The molecule has 43 heavy (non-hydrogen) atoms. The molecule has 0 saturated heterocycles. The number of carbonyl (C=O) groups is 3. The molecule has 0 aliphatic heterocycles. The van der Waals surface area contributed by atoms with E-state index in [1.165, 1.54) is 12.3 Å². The number of aromatic nitrogens is 1. The molecule has 0 aliphatic rings. The fourth-order valence-electron chi connectivity index (χ4n) is 4.56. The number of benzene rings is 3. The molecule has 11 heteroatoms. The molecule has 9 nitrogen and oxygen atoms in total. The van der Waals surface area contributed by atoms with E-state index in [1.807, 2.05) is 66.1 Å². The van der Waals surface area contributed by atoms with Crippen molar-refractivity contribution in [3.05, 3.63) is 99.7 Å². The molecule has 2 N–H and O–H groups in total. The highest BCUT2D eigenvalue weighted by Crippen LogP contribution is 2.28. The first-order valence-corrected chi connectivity index (χ1v) is 14.5. The highest BCUT2D eigenvalue weighted by molar-refractivity contribution is 6.35. The van der Waals surface area contributed by atoms with Gasteiger partial charge in [-0.15, -0.1) is 0 Å². The van der Waals surface area contributed by atoms with Gasteiger partial charge in [-0.25, -0.2) is 5.43 Å². The summed E-state index contributed by atoms with van der Waals surface area (Å²) in [6.07, 6.45) is 0.800. The van der Waals surface area contributed by atoms with Crippen molar-refractivity contribution in [1.29, 1.82) is 0 Å². The number of carbonyl (C=O) groups excluding carboxylic acids is 3. The van der Waals surface area contributed by atoms with E-state index < -0.39 is 24.0 Å². The minimum atomic E-state index is -0.957. The van der Waals surface area contributed by atoms with Crippen LogP contribution in [0.1, 0.15) is 30.7 Å². The van der Waals surface area contributed by atoms with E-state index in [0.29, 0.717) is 10.8 Å². The Morgan fingerprint density at radius 2 is 1.72 bits per heavy atom. The lowest BCUT2D eigenvalue weighted by molar-refractivity contribution is -0.143. The van der Waals surface area contributed by atoms with Crippen LogP contribution in [0, 0.1) is 6.92 Å². The maximum absolute atomic E-state index is 13.3. The van der Waals surface area contributed by atoms with E-state index in [-0.39, 0.29) is 30.6 Å². The summed E-state index contributed by atoms with van der Waals surface area (Å²) >= 11 is 12.1. The first-order valence-electron chi connectivity index (χ1n) is 13.7. The Labute approximate surface area is 259 Å². The van der Waals surface area contributed by atoms with E-state index in [0.717, 1.165) is 27.7 Å². The maximum Gasteiger partial charge on any atom is 0.325 e. The standard InChI is InChI=1S/C32H32Cl2N4O5/c1-4-42-30(39)19-38-20(2)25(24-12-8-9-13-28(24)38)18-35-37-32(41)27(16-22-10-6-5-7-11-22)36-31(40)21(3)43-29-15-14-23(33)17-26(29)34/h5-15,17-18,21,27H,4,16,19H2,1-3H3,(H,36,40)(H,37,41)/b35-18-/t21-,27-/m1/s1. The Bertz CT molecular complexity index is 1640. The van der Waals surface area contributed by atoms with E-state index in [1.54, 1.807) is 26.0 Å². The first-order chi connectivity index (χ1) is 20.7. The number of nitrogens with zero attached hydrogens (tertiary/aromatic N) is 2. The average molecular weight is 624 g/mol. The van der Waals surface area contributed by atoms with Crippen LogP contribution in [0.4, 0.5) is 0 Å². The minimum Gasteiger partial charge on any atom is -0.479 e. The van der Waals surface area contributed by atoms with Crippen LogP contribution in [-0.2, 0) is 32.1 Å². The van der Waals surface area contributed by atoms with E-state index in [9.17, 15) is 14.4 Å². The van der Waals surface area contributed by atoms with Crippen LogP contribution < -0.4 is 15.5 Å². The monoisotopic (exact) mass is 622 g/mol. The summed E-state index contributed by atoms with van der Waals surface area (Å²) in [5.74, 6) is -1.08. The zero-order valence-electron chi connectivity index (χ0n) is 24.0. The Morgan fingerprint density at radius 3 is 2.44 bits per heavy atom. The van der Waals surface area contributed by atoms with Crippen molar-refractivity contribution in [3.63, 3.8) is 0 Å². The number of ether oxygens (including phenoxy) is 2. The molecule has 1 heterocycles. The Balaban J connectivity index is 1.51. The van der Waals surface area contributed by atoms with Crippen molar-refractivity contribution in [1.82, 2.24) is 15.3 Å². The Hall–Kier alpha value is -4.34. The number of hydrogen-bond donors (Lipinski definition) is 2. The van der Waals surface area contributed by atoms with Crippen LogP contribution in [0.25, 0.3) is 10.9 Å². The first kappa shape index (κ1) is 31.6. The molecule has 0 spiro atoms. The zero-order chi connectivity index (χ0) is 30.9. The molecule has 3 aromatic carbocycles. The second kappa shape index (κ2) is 14.7. The van der Waals surface area contributed by atoms with Gasteiger partial charge in [0.25, 0.3) is 11.8 Å². The Kier molecular flexibility index (Phi) is 10.8. The van der Waals surface area contributed by atoms with Gasteiger partial charge in [0, 0.05) is 33.6 Å². The summed E-state index contributed by atoms with van der Waals surface area (Å²) < 4.78 is 12.7. The molecule has 224 valence electrons. The van der Waals surface area contributed by atoms with E-state index in [2.05, 4.69) is 15.8 Å². The van der Waals surface area contributed by atoms with Gasteiger partial charge in [-0.05, 0) is 50.6 Å². The van der Waals surface area contributed by atoms with E-state index >= 15 is 0 Å². The van der Waals surface area contributed by atoms with Gasteiger partial charge in [-0.2, -0.15) is 5.10 Å². The van der Waals surface area contributed by atoms with Gasteiger partial charge in [0.1, 0.15) is 18.3 Å².